The third-order valence-electron chi connectivity index (χ3n) is 2.85. The van der Waals surface area contributed by atoms with Gasteiger partial charge in [0.2, 0.25) is 11.8 Å². The smallest absolute Gasteiger partial charge is 0.305 e. The van der Waals surface area contributed by atoms with E-state index in [1.54, 1.807) is 19.1 Å². The highest BCUT2D eigenvalue weighted by Gasteiger charge is 2.14. The number of carbonyl (C=O) groups is 4. The fourth-order valence-corrected chi connectivity index (χ4v) is 1.71. The highest BCUT2D eigenvalue weighted by molar-refractivity contribution is 5.98. The summed E-state index contributed by atoms with van der Waals surface area (Å²) >= 11 is 0. The minimum atomic E-state index is -0.989. The van der Waals surface area contributed by atoms with Crippen molar-refractivity contribution in [1.82, 2.24) is 10.6 Å². The molecule has 4 N–H and O–H groups in total. The summed E-state index contributed by atoms with van der Waals surface area (Å²) in [7, 11) is 0. The lowest BCUT2D eigenvalue weighted by atomic mass is 10.2. The van der Waals surface area contributed by atoms with Crippen molar-refractivity contribution in [3.8, 4) is 0 Å². The van der Waals surface area contributed by atoms with Gasteiger partial charge in [0.1, 0.15) is 6.04 Å². The summed E-state index contributed by atoms with van der Waals surface area (Å²) in [4.78, 5) is 44.8. The molecule has 0 saturated carbocycles. The Kier molecular flexibility index (Phi) is 6.72. The summed E-state index contributed by atoms with van der Waals surface area (Å²) in [5.41, 5.74) is 0.831. The van der Waals surface area contributed by atoms with Crippen LogP contribution in [0.15, 0.2) is 24.3 Å². The normalized spacial score (nSPS) is 11.2. The molecule has 3 amide bonds. The van der Waals surface area contributed by atoms with Crippen LogP contribution in [0, 0.1) is 0 Å². The summed E-state index contributed by atoms with van der Waals surface area (Å²) in [5, 5.41) is 16.0. The maximum atomic E-state index is 11.8. The number of rotatable bonds is 7. The number of nitrogens with one attached hydrogen (secondary N) is 3. The fourth-order valence-electron chi connectivity index (χ4n) is 1.71. The minimum Gasteiger partial charge on any atom is -0.481 e. The predicted molar refractivity (Wildman–Crippen MR) is 82.9 cm³/mol. The number of carbonyl (C=O) groups excluding carboxylic acids is 3. The average molecular weight is 321 g/mol. The summed E-state index contributed by atoms with van der Waals surface area (Å²) in [6.45, 7) is 2.92. The van der Waals surface area contributed by atoms with Gasteiger partial charge in [-0.2, -0.15) is 0 Å². The van der Waals surface area contributed by atoms with Crippen molar-refractivity contribution >= 4 is 29.4 Å². The number of anilines is 1. The zero-order chi connectivity index (χ0) is 17.4. The number of amides is 3. The molecule has 1 aromatic rings. The first-order chi connectivity index (χ1) is 10.8. The van der Waals surface area contributed by atoms with E-state index in [2.05, 4.69) is 16.0 Å². The quantitative estimate of drug-likeness (QED) is 0.577. The van der Waals surface area contributed by atoms with Crippen LogP contribution in [-0.2, 0) is 14.4 Å². The molecule has 0 bridgehead atoms. The van der Waals surface area contributed by atoms with Crippen molar-refractivity contribution < 1.29 is 24.3 Å². The van der Waals surface area contributed by atoms with Crippen LogP contribution in [0.3, 0.4) is 0 Å². The monoisotopic (exact) mass is 321 g/mol. The molecule has 1 unspecified atom stereocenters. The summed E-state index contributed by atoms with van der Waals surface area (Å²) in [5.74, 6) is -2.06. The zero-order valence-electron chi connectivity index (χ0n) is 12.9. The Morgan fingerprint density at radius 1 is 1.13 bits per heavy atom. The van der Waals surface area contributed by atoms with E-state index in [9.17, 15) is 19.2 Å². The Bertz CT molecular complexity index is 598. The lowest BCUT2D eigenvalue weighted by molar-refractivity contribution is -0.136. The van der Waals surface area contributed by atoms with E-state index < -0.39 is 17.9 Å². The maximum absolute atomic E-state index is 11.8. The average Bonchev–Trinajstić information content (AvgIpc) is 2.46. The SMILES string of the molecule is CC(=O)NC(C)C(=O)Nc1ccc(C(=O)NCCC(=O)O)cc1. The second kappa shape index (κ2) is 8.52. The standard InChI is InChI=1S/C15H19N3O5/c1-9(17-10(2)19)14(22)18-12-5-3-11(4-6-12)15(23)16-8-7-13(20)21/h3-6,9H,7-8H2,1-2H3,(H,16,23)(H,17,19)(H,18,22)(H,20,21). The van der Waals surface area contributed by atoms with Crippen molar-refractivity contribution in [2.45, 2.75) is 26.3 Å². The van der Waals surface area contributed by atoms with Crippen LogP contribution < -0.4 is 16.0 Å². The molecule has 1 rings (SSSR count). The van der Waals surface area contributed by atoms with Crippen molar-refractivity contribution in [2.24, 2.45) is 0 Å². The Morgan fingerprint density at radius 2 is 1.74 bits per heavy atom. The second-order valence-electron chi connectivity index (χ2n) is 4.89. The van der Waals surface area contributed by atoms with Crippen LogP contribution in [0.25, 0.3) is 0 Å². The molecule has 8 heteroatoms. The molecular formula is C15H19N3O5. The van der Waals surface area contributed by atoms with Gasteiger partial charge in [0.15, 0.2) is 0 Å². The van der Waals surface area contributed by atoms with E-state index in [-0.39, 0.29) is 24.8 Å². The van der Waals surface area contributed by atoms with Crippen LogP contribution in [0.2, 0.25) is 0 Å². The molecule has 0 aliphatic rings. The molecule has 1 aromatic carbocycles. The number of carboxylic acids is 1. The molecule has 0 spiro atoms. The van der Waals surface area contributed by atoms with Gasteiger partial charge in [-0.25, -0.2) is 0 Å². The molecule has 0 fully saturated rings. The van der Waals surface area contributed by atoms with Crippen LogP contribution in [-0.4, -0.2) is 41.4 Å². The van der Waals surface area contributed by atoms with Gasteiger partial charge in [-0.05, 0) is 31.2 Å². The highest BCUT2D eigenvalue weighted by Crippen LogP contribution is 2.10. The van der Waals surface area contributed by atoms with Gasteiger partial charge in [0, 0.05) is 24.7 Å². The molecule has 0 aromatic heterocycles. The molecule has 0 radical (unpaired) electrons. The van der Waals surface area contributed by atoms with Crippen LogP contribution in [0.4, 0.5) is 5.69 Å². The first kappa shape index (κ1) is 18.1. The second-order valence-corrected chi connectivity index (χ2v) is 4.89. The van der Waals surface area contributed by atoms with E-state index in [0.29, 0.717) is 11.3 Å². The first-order valence-corrected chi connectivity index (χ1v) is 6.97. The van der Waals surface area contributed by atoms with E-state index in [4.69, 9.17) is 5.11 Å². The maximum Gasteiger partial charge on any atom is 0.305 e. The van der Waals surface area contributed by atoms with Crippen molar-refractivity contribution in [1.29, 1.82) is 0 Å². The summed E-state index contributed by atoms with van der Waals surface area (Å²) in [6, 6.07) is 5.44. The predicted octanol–water partition coefficient (Wildman–Crippen LogP) is 0.354. The third-order valence-corrected chi connectivity index (χ3v) is 2.85. The Labute approximate surface area is 133 Å². The molecule has 0 saturated heterocycles. The third kappa shape index (κ3) is 6.60. The lowest BCUT2D eigenvalue weighted by Gasteiger charge is -2.13. The lowest BCUT2D eigenvalue weighted by Crippen LogP contribution is -2.40. The topological polar surface area (TPSA) is 125 Å². The number of hydrogen-bond acceptors (Lipinski definition) is 4. The molecule has 0 aliphatic carbocycles. The number of hydrogen-bond donors (Lipinski definition) is 4. The molecule has 0 aliphatic heterocycles. The largest absolute Gasteiger partial charge is 0.481 e. The molecule has 1 atom stereocenters. The van der Waals surface area contributed by atoms with Gasteiger partial charge in [-0.3, -0.25) is 19.2 Å². The molecule has 8 nitrogen and oxygen atoms in total. The van der Waals surface area contributed by atoms with E-state index in [1.807, 2.05) is 0 Å². The highest BCUT2D eigenvalue weighted by atomic mass is 16.4. The van der Waals surface area contributed by atoms with Gasteiger partial charge >= 0.3 is 5.97 Å². The van der Waals surface area contributed by atoms with Gasteiger partial charge < -0.3 is 21.1 Å². The van der Waals surface area contributed by atoms with E-state index in [0.717, 1.165) is 0 Å². The number of benzene rings is 1. The van der Waals surface area contributed by atoms with E-state index >= 15 is 0 Å². The number of carboxylic acid groups (broad SMARTS) is 1. The minimum absolute atomic E-state index is 0.0425. The zero-order valence-corrected chi connectivity index (χ0v) is 12.9. The Morgan fingerprint density at radius 3 is 2.26 bits per heavy atom. The van der Waals surface area contributed by atoms with Crippen LogP contribution in [0.1, 0.15) is 30.6 Å². The van der Waals surface area contributed by atoms with Crippen LogP contribution in [0.5, 0.6) is 0 Å². The molecule has 23 heavy (non-hydrogen) atoms. The van der Waals surface area contributed by atoms with Crippen LogP contribution >= 0.6 is 0 Å². The van der Waals surface area contributed by atoms with Crippen molar-refractivity contribution in [3.05, 3.63) is 29.8 Å². The summed E-state index contributed by atoms with van der Waals surface area (Å²) in [6.07, 6.45) is -0.152. The van der Waals surface area contributed by atoms with Gasteiger partial charge in [-0.1, -0.05) is 0 Å². The first-order valence-electron chi connectivity index (χ1n) is 6.97. The molecular weight excluding hydrogens is 302 g/mol. The van der Waals surface area contributed by atoms with Crippen molar-refractivity contribution in [2.75, 3.05) is 11.9 Å². The Hall–Kier alpha value is -2.90. The van der Waals surface area contributed by atoms with E-state index in [1.165, 1.54) is 19.1 Å². The van der Waals surface area contributed by atoms with Gasteiger partial charge in [0.25, 0.3) is 5.91 Å². The van der Waals surface area contributed by atoms with Gasteiger partial charge in [-0.15, -0.1) is 0 Å². The molecule has 0 heterocycles. The van der Waals surface area contributed by atoms with Crippen molar-refractivity contribution in [3.63, 3.8) is 0 Å². The number of aliphatic carboxylic acids is 1. The fraction of sp³-hybridized carbons (Fsp3) is 0.333. The summed E-state index contributed by atoms with van der Waals surface area (Å²) < 4.78 is 0. The molecule has 124 valence electrons. The van der Waals surface area contributed by atoms with Gasteiger partial charge in [0.05, 0.1) is 6.42 Å². The Balaban J connectivity index is 2.55.